The third kappa shape index (κ3) is 6.12. The van der Waals surface area contributed by atoms with Gasteiger partial charge in [0.05, 0.1) is 36.6 Å². The molecule has 5 rings (SSSR count). The van der Waals surface area contributed by atoms with Gasteiger partial charge in [0, 0.05) is 55.6 Å². The summed E-state index contributed by atoms with van der Waals surface area (Å²) in [7, 11) is 3.74. The lowest BCUT2D eigenvalue weighted by molar-refractivity contribution is 0.134. The van der Waals surface area contributed by atoms with Crippen molar-refractivity contribution < 1.29 is 9.47 Å². The summed E-state index contributed by atoms with van der Waals surface area (Å²) in [6.07, 6.45) is 9.66. The van der Waals surface area contributed by atoms with Crippen molar-refractivity contribution in [2.45, 2.75) is 32.8 Å². The number of anilines is 2. The minimum atomic E-state index is 0.561. The van der Waals surface area contributed by atoms with Crippen LogP contribution in [0.4, 0.5) is 11.4 Å². The smallest absolute Gasteiger partial charge is 0.121 e. The summed E-state index contributed by atoms with van der Waals surface area (Å²) in [6.45, 7) is 7.69. The Kier molecular flexibility index (Phi) is 8.02. The molecule has 0 unspecified atom stereocenters. The Morgan fingerprint density at radius 1 is 1.00 bits per heavy atom. The van der Waals surface area contributed by atoms with E-state index in [1.54, 1.807) is 7.11 Å². The molecule has 2 aromatic heterocycles. The molecular formula is C30H37N5O2. The van der Waals surface area contributed by atoms with Crippen molar-refractivity contribution in [3.63, 3.8) is 0 Å². The van der Waals surface area contributed by atoms with Crippen LogP contribution in [-0.2, 0) is 18.4 Å². The number of rotatable bonds is 11. The van der Waals surface area contributed by atoms with E-state index in [1.165, 1.54) is 25.9 Å². The highest BCUT2D eigenvalue weighted by Gasteiger charge is 2.16. The van der Waals surface area contributed by atoms with Crippen LogP contribution < -0.4 is 9.64 Å². The van der Waals surface area contributed by atoms with Crippen molar-refractivity contribution in [3.8, 4) is 17.0 Å². The summed E-state index contributed by atoms with van der Waals surface area (Å²) in [5, 5.41) is 0. The van der Waals surface area contributed by atoms with Gasteiger partial charge in [-0.3, -0.25) is 4.98 Å². The number of methoxy groups -OCH3 is 1. The first kappa shape index (κ1) is 25.2. The summed E-state index contributed by atoms with van der Waals surface area (Å²) in [4.78, 5) is 14.6. The number of aryl methyl sites for hydroxylation is 1. The van der Waals surface area contributed by atoms with E-state index >= 15 is 0 Å². The average molecular weight is 500 g/mol. The molecule has 7 nitrogen and oxygen atoms in total. The molecule has 1 fully saturated rings. The van der Waals surface area contributed by atoms with Gasteiger partial charge in [-0.25, -0.2) is 4.98 Å². The zero-order valence-corrected chi connectivity index (χ0v) is 22.2. The summed E-state index contributed by atoms with van der Waals surface area (Å²) in [5.41, 5.74) is 7.03. The summed E-state index contributed by atoms with van der Waals surface area (Å²) in [6, 6.07) is 14.8. The van der Waals surface area contributed by atoms with Gasteiger partial charge in [0.25, 0.3) is 0 Å². The molecular weight excluding hydrogens is 462 g/mol. The van der Waals surface area contributed by atoms with Crippen LogP contribution in [0.2, 0.25) is 0 Å². The molecule has 0 saturated carbocycles. The van der Waals surface area contributed by atoms with E-state index in [-0.39, 0.29) is 0 Å². The highest BCUT2D eigenvalue weighted by molar-refractivity contribution is 5.82. The normalized spacial score (nSPS) is 13.9. The first-order valence-electron chi connectivity index (χ1n) is 13.3. The van der Waals surface area contributed by atoms with Gasteiger partial charge in [-0.05, 0) is 87.8 Å². The number of hydrogen-bond donors (Lipinski definition) is 0. The van der Waals surface area contributed by atoms with E-state index < -0.39 is 0 Å². The lowest BCUT2D eigenvalue weighted by Gasteiger charge is -2.27. The van der Waals surface area contributed by atoms with Gasteiger partial charge in [-0.15, -0.1) is 0 Å². The zero-order valence-electron chi connectivity index (χ0n) is 22.2. The Labute approximate surface area is 219 Å². The van der Waals surface area contributed by atoms with Crippen LogP contribution in [0, 0.1) is 0 Å². The Hall–Kier alpha value is -3.42. The highest BCUT2D eigenvalue weighted by atomic mass is 16.5. The molecule has 0 spiro atoms. The SMILES string of the molecule is CCOCc1cc(OC)cc(N(CCCN2CCCC2)c2ccc3ncc(-c4ccn(C)c4)nc3c2)c1. The standard InChI is InChI=1S/C30H37N5O2/c1-4-37-22-23-16-26(18-27(17-23)36-3)35(14-7-13-34-11-5-6-12-34)25-8-9-28-29(19-25)32-30(20-31-28)24-10-15-33(2)21-24/h8-10,15-21H,4-7,11-14,22H2,1-3H3. The van der Waals surface area contributed by atoms with Crippen LogP contribution in [0.15, 0.2) is 61.1 Å². The molecule has 2 aromatic carbocycles. The van der Waals surface area contributed by atoms with Crippen LogP contribution >= 0.6 is 0 Å². The van der Waals surface area contributed by atoms with Crippen molar-refractivity contribution in [1.82, 2.24) is 19.4 Å². The molecule has 194 valence electrons. The van der Waals surface area contributed by atoms with Crippen LogP contribution in [0.3, 0.4) is 0 Å². The lowest BCUT2D eigenvalue weighted by Crippen LogP contribution is -2.26. The predicted molar refractivity (Wildman–Crippen MR) is 150 cm³/mol. The maximum absolute atomic E-state index is 5.72. The molecule has 7 heteroatoms. The third-order valence-corrected chi connectivity index (χ3v) is 6.99. The van der Waals surface area contributed by atoms with Crippen molar-refractivity contribution in [1.29, 1.82) is 0 Å². The van der Waals surface area contributed by atoms with Crippen LogP contribution in [-0.4, -0.2) is 59.3 Å². The second-order valence-electron chi connectivity index (χ2n) is 9.72. The molecule has 0 N–H and O–H groups in total. The highest BCUT2D eigenvalue weighted by Crippen LogP contribution is 2.32. The van der Waals surface area contributed by atoms with E-state index in [0.717, 1.165) is 64.5 Å². The number of hydrogen-bond acceptors (Lipinski definition) is 6. The predicted octanol–water partition coefficient (Wildman–Crippen LogP) is 5.80. The molecule has 4 aromatic rings. The molecule has 0 atom stereocenters. The summed E-state index contributed by atoms with van der Waals surface area (Å²) in [5.74, 6) is 0.837. The maximum Gasteiger partial charge on any atom is 0.121 e. The van der Waals surface area contributed by atoms with Gasteiger partial charge in [0.1, 0.15) is 5.75 Å². The van der Waals surface area contributed by atoms with E-state index in [0.29, 0.717) is 13.2 Å². The van der Waals surface area contributed by atoms with Gasteiger partial charge >= 0.3 is 0 Å². The Bertz CT molecular complexity index is 1330. The van der Waals surface area contributed by atoms with E-state index in [1.807, 2.05) is 30.9 Å². The Balaban J connectivity index is 1.50. The fourth-order valence-electron chi connectivity index (χ4n) is 5.05. The quantitative estimate of drug-likeness (QED) is 0.260. The molecule has 1 saturated heterocycles. The van der Waals surface area contributed by atoms with Gasteiger partial charge in [0.15, 0.2) is 0 Å². The molecule has 3 heterocycles. The molecule has 0 radical (unpaired) electrons. The number of aromatic nitrogens is 3. The minimum absolute atomic E-state index is 0.561. The second-order valence-corrected chi connectivity index (χ2v) is 9.72. The molecule has 1 aliphatic heterocycles. The Morgan fingerprint density at radius 3 is 2.62 bits per heavy atom. The van der Waals surface area contributed by atoms with Crippen LogP contribution in [0.25, 0.3) is 22.3 Å². The van der Waals surface area contributed by atoms with E-state index in [9.17, 15) is 0 Å². The first-order valence-corrected chi connectivity index (χ1v) is 13.3. The fourth-order valence-corrected chi connectivity index (χ4v) is 5.05. The monoisotopic (exact) mass is 499 g/mol. The van der Waals surface area contributed by atoms with Crippen molar-refractivity contribution in [2.75, 3.05) is 44.8 Å². The van der Waals surface area contributed by atoms with Crippen molar-refractivity contribution in [3.05, 3.63) is 66.6 Å². The summed E-state index contributed by atoms with van der Waals surface area (Å²) < 4.78 is 13.4. The van der Waals surface area contributed by atoms with Gasteiger partial charge in [-0.2, -0.15) is 0 Å². The number of likely N-dealkylation sites (tertiary alicyclic amines) is 1. The van der Waals surface area contributed by atoms with Gasteiger partial charge in [-0.1, -0.05) is 0 Å². The first-order chi connectivity index (χ1) is 18.1. The second kappa shape index (κ2) is 11.8. The average Bonchev–Trinajstić information content (AvgIpc) is 3.61. The van der Waals surface area contributed by atoms with Crippen LogP contribution in [0.1, 0.15) is 31.7 Å². The van der Waals surface area contributed by atoms with Gasteiger partial charge in [0.2, 0.25) is 0 Å². The minimum Gasteiger partial charge on any atom is -0.497 e. The fraction of sp³-hybridized carbons (Fsp3) is 0.400. The maximum atomic E-state index is 5.72. The van der Waals surface area contributed by atoms with Crippen LogP contribution in [0.5, 0.6) is 5.75 Å². The Morgan fingerprint density at radius 2 is 1.86 bits per heavy atom. The number of fused-ring (bicyclic) bond motifs is 1. The number of nitrogens with zero attached hydrogens (tertiary/aromatic N) is 5. The topological polar surface area (TPSA) is 55.7 Å². The molecule has 37 heavy (non-hydrogen) atoms. The van der Waals surface area contributed by atoms with E-state index in [4.69, 9.17) is 19.4 Å². The number of benzene rings is 2. The molecule has 0 amide bonds. The molecule has 0 bridgehead atoms. The zero-order chi connectivity index (χ0) is 25.6. The summed E-state index contributed by atoms with van der Waals surface area (Å²) >= 11 is 0. The number of ether oxygens (including phenoxy) is 2. The molecule has 1 aliphatic rings. The molecule has 0 aliphatic carbocycles. The third-order valence-electron chi connectivity index (χ3n) is 6.99. The lowest BCUT2D eigenvalue weighted by atomic mass is 10.1. The van der Waals surface area contributed by atoms with Crippen molar-refractivity contribution in [2.24, 2.45) is 7.05 Å². The van der Waals surface area contributed by atoms with Gasteiger partial charge < -0.3 is 23.8 Å². The van der Waals surface area contributed by atoms with E-state index in [2.05, 4.69) is 58.5 Å². The largest absolute Gasteiger partial charge is 0.497 e. The van der Waals surface area contributed by atoms with Crippen molar-refractivity contribution >= 4 is 22.4 Å².